The lowest BCUT2D eigenvalue weighted by Gasteiger charge is -2.14. The molecule has 2 aromatic heterocycles. The first-order valence-electron chi connectivity index (χ1n) is 14.8. The van der Waals surface area contributed by atoms with Crippen molar-refractivity contribution in [2.24, 2.45) is 0 Å². The Morgan fingerprint density at radius 1 is 0.902 bits per heavy atom. The van der Waals surface area contributed by atoms with Gasteiger partial charge in [0.05, 0.1) is 4.91 Å². The minimum atomic E-state index is -0.293. The molecule has 1 saturated heterocycles. The largest absolute Gasteiger partial charge is 0.438 e. The van der Waals surface area contributed by atoms with Crippen LogP contribution in [0.5, 0.6) is 11.6 Å². The van der Waals surface area contributed by atoms with Gasteiger partial charge in [0.1, 0.15) is 21.3 Å². The van der Waals surface area contributed by atoms with Crippen molar-refractivity contribution in [2.45, 2.75) is 91.9 Å². The van der Waals surface area contributed by atoms with Crippen molar-refractivity contribution in [3.8, 4) is 11.6 Å². The van der Waals surface area contributed by atoms with Gasteiger partial charge in [0.2, 0.25) is 5.88 Å². The number of hydrogen-bond acceptors (Lipinski definition) is 6. The van der Waals surface area contributed by atoms with Crippen molar-refractivity contribution in [3.63, 3.8) is 0 Å². The number of unbranched alkanes of at least 4 members (excludes halogenated alkanes) is 9. The van der Waals surface area contributed by atoms with Crippen molar-refractivity contribution in [3.05, 3.63) is 74.0 Å². The number of amides is 1. The zero-order valence-corrected chi connectivity index (χ0v) is 26.3. The van der Waals surface area contributed by atoms with Crippen LogP contribution in [0, 0.1) is 20.8 Å². The van der Waals surface area contributed by atoms with Crippen LogP contribution in [-0.2, 0) is 4.79 Å². The second-order valence-electron chi connectivity index (χ2n) is 10.8. The molecule has 41 heavy (non-hydrogen) atoms. The monoisotopic (exact) mass is 591 g/mol. The van der Waals surface area contributed by atoms with Crippen molar-refractivity contribution in [1.82, 2.24) is 14.3 Å². The summed E-state index contributed by atoms with van der Waals surface area (Å²) >= 11 is 6.81. The molecular weight excluding hydrogens is 551 g/mol. The number of aryl methyl sites for hydroxylation is 2. The Morgan fingerprint density at radius 2 is 1.56 bits per heavy atom. The minimum absolute atomic E-state index is 0.164. The van der Waals surface area contributed by atoms with Gasteiger partial charge in [0, 0.05) is 12.7 Å². The fraction of sp³-hybridized carbons (Fsp3) is 0.455. The summed E-state index contributed by atoms with van der Waals surface area (Å²) in [6, 6.07) is 9.50. The number of benzene rings is 1. The summed E-state index contributed by atoms with van der Waals surface area (Å²) < 4.78 is 8.30. The standard InChI is InChI=1S/C33H41N3O3S2/c1-5-6-7-8-9-10-11-12-13-14-20-36-32(38)28(41-33(36)40)22-26-30(39-27-19-15-17-23(2)25(27)4)34-29-24(3)18-16-21-35(29)31(26)37/h15-19,21-22H,5-14,20H2,1-4H3/b28-22+. The van der Waals surface area contributed by atoms with Gasteiger partial charge in [-0.25, -0.2) is 0 Å². The molecule has 1 fully saturated rings. The number of rotatable bonds is 14. The molecule has 3 aromatic rings. The van der Waals surface area contributed by atoms with Gasteiger partial charge in [-0.05, 0) is 62.1 Å². The molecule has 1 amide bonds. The highest BCUT2D eigenvalue weighted by atomic mass is 32.2. The maximum absolute atomic E-state index is 13.7. The van der Waals surface area contributed by atoms with E-state index in [4.69, 9.17) is 21.9 Å². The summed E-state index contributed by atoms with van der Waals surface area (Å²) in [6.07, 6.45) is 15.6. The lowest BCUT2D eigenvalue weighted by molar-refractivity contribution is -0.122. The molecule has 0 radical (unpaired) electrons. The first kappa shape index (κ1) is 31.0. The SMILES string of the molecule is CCCCCCCCCCCCN1C(=O)/C(=C\c2c(Oc3cccc(C)c3C)nc3c(C)cccn3c2=O)SC1=S. The average molecular weight is 592 g/mol. The van der Waals surface area contributed by atoms with Gasteiger partial charge in [-0.1, -0.05) is 107 Å². The van der Waals surface area contributed by atoms with Crippen LogP contribution in [0.25, 0.3) is 11.7 Å². The smallest absolute Gasteiger partial charge is 0.269 e. The molecule has 3 heterocycles. The molecule has 6 nitrogen and oxygen atoms in total. The number of carbonyl (C=O) groups is 1. The zero-order valence-electron chi connectivity index (χ0n) is 24.7. The molecule has 218 valence electrons. The Morgan fingerprint density at radius 3 is 2.27 bits per heavy atom. The fourth-order valence-electron chi connectivity index (χ4n) is 5.01. The van der Waals surface area contributed by atoms with E-state index in [0.29, 0.717) is 27.2 Å². The second kappa shape index (κ2) is 14.8. The first-order chi connectivity index (χ1) is 19.8. The number of nitrogens with zero attached hydrogens (tertiary/aromatic N) is 3. The van der Waals surface area contributed by atoms with Gasteiger partial charge in [-0.3, -0.25) is 18.9 Å². The normalized spacial score (nSPS) is 14.5. The molecule has 0 saturated carbocycles. The molecule has 0 N–H and O–H groups in total. The van der Waals surface area contributed by atoms with Crippen LogP contribution in [-0.4, -0.2) is 31.1 Å². The highest BCUT2D eigenvalue weighted by Gasteiger charge is 2.32. The third kappa shape index (κ3) is 7.66. The number of aromatic nitrogens is 2. The van der Waals surface area contributed by atoms with Gasteiger partial charge in [-0.2, -0.15) is 4.98 Å². The van der Waals surface area contributed by atoms with Crippen LogP contribution in [0.15, 0.2) is 46.2 Å². The topological polar surface area (TPSA) is 63.9 Å². The molecule has 1 aliphatic heterocycles. The summed E-state index contributed by atoms with van der Waals surface area (Å²) in [5.41, 5.74) is 3.35. The number of thioether (sulfide) groups is 1. The van der Waals surface area contributed by atoms with Crippen LogP contribution in [0.3, 0.4) is 0 Å². The molecule has 1 aliphatic rings. The third-order valence-electron chi connectivity index (χ3n) is 7.70. The van der Waals surface area contributed by atoms with Crippen LogP contribution < -0.4 is 10.3 Å². The highest BCUT2D eigenvalue weighted by Crippen LogP contribution is 2.35. The summed E-state index contributed by atoms with van der Waals surface area (Å²) in [4.78, 5) is 33.9. The molecule has 0 aliphatic carbocycles. The molecule has 8 heteroatoms. The Balaban J connectivity index is 1.50. The number of thiocarbonyl (C=S) groups is 1. The average Bonchev–Trinajstić information content (AvgIpc) is 3.22. The Bertz CT molecular complexity index is 1500. The minimum Gasteiger partial charge on any atom is -0.438 e. The predicted octanol–water partition coefficient (Wildman–Crippen LogP) is 8.53. The van der Waals surface area contributed by atoms with Crippen LogP contribution in [0.4, 0.5) is 0 Å². The summed E-state index contributed by atoms with van der Waals surface area (Å²) in [7, 11) is 0. The van der Waals surface area contributed by atoms with E-state index in [0.717, 1.165) is 29.5 Å². The maximum Gasteiger partial charge on any atom is 0.269 e. The Hall–Kier alpha value is -2.97. The molecule has 1 aromatic carbocycles. The zero-order chi connectivity index (χ0) is 29.4. The van der Waals surface area contributed by atoms with Crippen LogP contribution in [0.2, 0.25) is 0 Å². The quantitative estimate of drug-likeness (QED) is 0.106. The third-order valence-corrected chi connectivity index (χ3v) is 9.07. The maximum atomic E-state index is 13.7. The van der Waals surface area contributed by atoms with Gasteiger partial charge >= 0.3 is 0 Å². The fourth-order valence-corrected chi connectivity index (χ4v) is 6.30. The van der Waals surface area contributed by atoms with E-state index in [1.165, 1.54) is 67.5 Å². The van der Waals surface area contributed by atoms with E-state index < -0.39 is 0 Å². The Kier molecular flexibility index (Phi) is 11.2. The van der Waals surface area contributed by atoms with Gasteiger partial charge in [0.15, 0.2) is 0 Å². The van der Waals surface area contributed by atoms with Gasteiger partial charge in [-0.15, -0.1) is 0 Å². The van der Waals surface area contributed by atoms with E-state index in [9.17, 15) is 9.59 Å². The summed E-state index contributed by atoms with van der Waals surface area (Å²) in [5, 5.41) is 0. The second-order valence-corrected chi connectivity index (χ2v) is 12.5. The highest BCUT2D eigenvalue weighted by molar-refractivity contribution is 8.26. The van der Waals surface area contributed by atoms with Crippen LogP contribution >= 0.6 is 24.0 Å². The summed E-state index contributed by atoms with van der Waals surface area (Å²) in [5.74, 6) is 0.637. The van der Waals surface area contributed by atoms with Crippen LogP contribution in [0.1, 0.15) is 93.4 Å². The molecule has 0 bridgehead atoms. The van der Waals surface area contributed by atoms with Crippen molar-refractivity contribution >= 4 is 45.9 Å². The Labute approximate surface area is 253 Å². The number of pyridine rings is 1. The molecule has 4 rings (SSSR count). The molecular formula is C33H41N3O3S2. The number of ether oxygens (including phenoxy) is 1. The predicted molar refractivity (Wildman–Crippen MR) is 174 cm³/mol. The molecule has 0 spiro atoms. The van der Waals surface area contributed by atoms with Crippen molar-refractivity contribution in [2.75, 3.05) is 6.54 Å². The van der Waals surface area contributed by atoms with E-state index in [2.05, 4.69) is 6.92 Å². The van der Waals surface area contributed by atoms with Crippen molar-refractivity contribution in [1.29, 1.82) is 0 Å². The molecule has 0 atom stereocenters. The number of fused-ring (bicyclic) bond motifs is 1. The number of hydrogen-bond donors (Lipinski definition) is 0. The van der Waals surface area contributed by atoms with E-state index in [1.54, 1.807) is 17.2 Å². The lowest BCUT2D eigenvalue weighted by atomic mass is 10.1. The number of carbonyl (C=O) groups excluding carboxylic acids is 1. The van der Waals surface area contributed by atoms with Gasteiger partial charge in [0.25, 0.3) is 11.5 Å². The van der Waals surface area contributed by atoms with E-state index in [1.807, 2.05) is 51.1 Å². The van der Waals surface area contributed by atoms with Gasteiger partial charge < -0.3 is 4.74 Å². The molecule has 0 unspecified atom stereocenters. The van der Waals surface area contributed by atoms with E-state index in [-0.39, 0.29) is 22.9 Å². The first-order valence-corrected chi connectivity index (χ1v) is 16.1. The lowest BCUT2D eigenvalue weighted by Crippen LogP contribution is -2.29. The summed E-state index contributed by atoms with van der Waals surface area (Å²) in [6.45, 7) is 8.73. The van der Waals surface area contributed by atoms with Crippen molar-refractivity contribution < 1.29 is 9.53 Å². The van der Waals surface area contributed by atoms with E-state index >= 15 is 0 Å².